The Bertz CT molecular complexity index is 589. The molecule has 0 saturated carbocycles. The summed E-state index contributed by atoms with van der Waals surface area (Å²) in [5.41, 5.74) is 1.80. The molecule has 0 atom stereocenters. The van der Waals surface area contributed by atoms with Gasteiger partial charge in [0, 0.05) is 37.4 Å². The quantitative estimate of drug-likeness (QED) is 0.747. The zero-order valence-corrected chi connectivity index (χ0v) is 11.5. The van der Waals surface area contributed by atoms with E-state index in [9.17, 15) is 4.39 Å². The van der Waals surface area contributed by atoms with E-state index in [4.69, 9.17) is 10.0 Å². The zero-order chi connectivity index (χ0) is 14.7. The molecule has 1 heterocycles. The van der Waals surface area contributed by atoms with Crippen molar-refractivity contribution in [3.63, 3.8) is 0 Å². The molecule has 0 saturated heterocycles. The third-order valence-corrected chi connectivity index (χ3v) is 3.00. The van der Waals surface area contributed by atoms with Crippen LogP contribution in [0.25, 0.3) is 0 Å². The Morgan fingerprint density at radius 2 is 2.00 bits per heavy atom. The summed E-state index contributed by atoms with van der Waals surface area (Å²) >= 11 is 0. The average Bonchev–Trinajstić information content (AvgIpc) is 2.76. The van der Waals surface area contributed by atoms with E-state index in [1.807, 2.05) is 25.2 Å². The van der Waals surface area contributed by atoms with E-state index in [2.05, 4.69) is 5.10 Å². The van der Waals surface area contributed by atoms with Gasteiger partial charge in [0.1, 0.15) is 5.82 Å². The Morgan fingerprint density at radius 3 is 2.60 bits per heavy atom. The second-order valence-corrected chi connectivity index (χ2v) is 4.92. The molecule has 2 N–H and O–H groups in total. The van der Waals surface area contributed by atoms with Crippen LogP contribution in [0.3, 0.4) is 0 Å². The molecule has 0 amide bonds. The van der Waals surface area contributed by atoms with Crippen molar-refractivity contribution in [1.29, 1.82) is 0 Å². The Balaban J connectivity index is 2.04. The van der Waals surface area contributed by atoms with Crippen LogP contribution in [0.15, 0.2) is 30.6 Å². The maximum Gasteiger partial charge on any atom is 0.491 e. The predicted octanol–water partition coefficient (Wildman–Crippen LogP) is -0.129. The fraction of sp³-hybridized carbons (Fsp3) is 0.308. The number of hydrogen-bond acceptors (Lipinski definition) is 4. The second kappa shape index (κ2) is 6.17. The van der Waals surface area contributed by atoms with Crippen LogP contribution >= 0.6 is 0 Å². The van der Waals surface area contributed by atoms with Crippen LogP contribution in [0.4, 0.5) is 4.39 Å². The van der Waals surface area contributed by atoms with Gasteiger partial charge in [-0.1, -0.05) is 12.1 Å². The van der Waals surface area contributed by atoms with Gasteiger partial charge in [0.2, 0.25) is 0 Å². The highest BCUT2D eigenvalue weighted by atomic mass is 19.1. The molecule has 0 bridgehead atoms. The molecule has 7 heteroatoms. The van der Waals surface area contributed by atoms with E-state index in [1.165, 1.54) is 12.1 Å². The fourth-order valence-corrected chi connectivity index (χ4v) is 2.12. The summed E-state index contributed by atoms with van der Waals surface area (Å²) < 4.78 is 15.1. The molecular formula is C13H17BFN3O2. The van der Waals surface area contributed by atoms with Gasteiger partial charge >= 0.3 is 7.12 Å². The smallest absolute Gasteiger partial charge is 0.423 e. The first-order chi connectivity index (χ1) is 9.45. The summed E-state index contributed by atoms with van der Waals surface area (Å²) in [5, 5.41) is 22.3. The highest BCUT2D eigenvalue weighted by molar-refractivity contribution is 6.58. The summed E-state index contributed by atoms with van der Waals surface area (Å²) in [6.07, 6.45) is 3.73. The van der Waals surface area contributed by atoms with Gasteiger partial charge in [0.25, 0.3) is 0 Å². The molecule has 0 spiro atoms. The molecule has 0 aliphatic heterocycles. The van der Waals surface area contributed by atoms with Crippen LogP contribution in [0, 0.1) is 5.82 Å². The lowest BCUT2D eigenvalue weighted by Crippen LogP contribution is -2.33. The van der Waals surface area contributed by atoms with Gasteiger partial charge in [0.15, 0.2) is 0 Å². The molecule has 106 valence electrons. The lowest BCUT2D eigenvalue weighted by molar-refractivity contribution is 0.319. The van der Waals surface area contributed by atoms with Crippen molar-refractivity contribution in [2.24, 2.45) is 7.05 Å². The van der Waals surface area contributed by atoms with Crippen LogP contribution < -0.4 is 5.46 Å². The van der Waals surface area contributed by atoms with E-state index >= 15 is 0 Å². The molecule has 2 aromatic rings. The third-order valence-electron chi connectivity index (χ3n) is 3.00. The zero-order valence-electron chi connectivity index (χ0n) is 11.5. The van der Waals surface area contributed by atoms with Gasteiger partial charge in [-0.15, -0.1) is 0 Å². The van der Waals surface area contributed by atoms with Crippen LogP contribution in [0.1, 0.15) is 11.1 Å². The van der Waals surface area contributed by atoms with Gasteiger partial charge < -0.3 is 10.0 Å². The molecule has 0 radical (unpaired) electrons. The number of rotatable bonds is 5. The molecule has 0 fully saturated rings. The summed E-state index contributed by atoms with van der Waals surface area (Å²) in [6, 6.07) is 4.36. The van der Waals surface area contributed by atoms with Crippen molar-refractivity contribution >= 4 is 12.6 Å². The van der Waals surface area contributed by atoms with Crippen LogP contribution in [-0.2, 0) is 20.1 Å². The molecule has 1 aromatic carbocycles. The molecule has 20 heavy (non-hydrogen) atoms. The van der Waals surface area contributed by atoms with Gasteiger partial charge in [-0.3, -0.25) is 9.58 Å². The van der Waals surface area contributed by atoms with Crippen LogP contribution in [-0.4, -0.2) is 38.9 Å². The number of aromatic nitrogens is 2. The lowest BCUT2D eigenvalue weighted by Gasteiger charge is -2.16. The predicted molar refractivity (Wildman–Crippen MR) is 74.6 cm³/mol. The standard InChI is InChI=1S/C13H17BFN3O2/c1-17(8-11-6-16-18(2)9-11)7-10-3-4-13(15)12(5-10)14(19)20/h3-6,9,19-20H,7-8H2,1-2H3. The van der Waals surface area contributed by atoms with Crippen LogP contribution in [0.2, 0.25) is 0 Å². The minimum absolute atomic E-state index is 0.0997. The number of nitrogens with zero attached hydrogens (tertiary/aromatic N) is 3. The van der Waals surface area contributed by atoms with E-state index in [0.717, 1.165) is 11.1 Å². The Morgan fingerprint density at radius 1 is 1.30 bits per heavy atom. The summed E-state index contributed by atoms with van der Waals surface area (Å²) in [6.45, 7) is 1.29. The van der Waals surface area contributed by atoms with Crippen molar-refractivity contribution in [2.75, 3.05) is 7.05 Å². The monoisotopic (exact) mass is 277 g/mol. The third kappa shape index (κ3) is 3.66. The average molecular weight is 277 g/mol. The number of halogens is 1. The molecule has 0 unspecified atom stereocenters. The van der Waals surface area contributed by atoms with Crippen molar-refractivity contribution in [3.05, 3.63) is 47.5 Å². The molecule has 0 aliphatic carbocycles. The van der Waals surface area contributed by atoms with Crippen molar-refractivity contribution < 1.29 is 14.4 Å². The molecule has 5 nitrogen and oxygen atoms in total. The Labute approximate surface area is 117 Å². The Hall–Kier alpha value is -1.70. The maximum atomic E-state index is 13.4. The van der Waals surface area contributed by atoms with Crippen molar-refractivity contribution in [1.82, 2.24) is 14.7 Å². The normalized spacial score (nSPS) is 11.1. The van der Waals surface area contributed by atoms with Crippen LogP contribution in [0.5, 0.6) is 0 Å². The highest BCUT2D eigenvalue weighted by Crippen LogP contribution is 2.08. The fourth-order valence-electron chi connectivity index (χ4n) is 2.12. The molecule has 2 rings (SSSR count). The summed E-state index contributed by atoms with van der Waals surface area (Å²) in [4.78, 5) is 2.04. The minimum Gasteiger partial charge on any atom is -0.423 e. The number of benzene rings is 1. The largest absolute Gasteiger partial charge is 0.491 e. The first-order valence-corrected chi connectivity index (χ1v) is 6.26. The second-order valence-electron chi connectivity index (χ2n) is 4.92. The maximum absolute atomic E-state index is 13.4. The Kier molecular flexibility index (Phi) is 4.54. The number of hydrogen-bond donors (Lipinski definition) is 2. The van der Waals surface area contributed by atoms with Crippen molar-refractivity contribution in [2.45, 2.75) is 13.1 Å². The van der Waals surface area contributed by atoms with Crippen molar-refractivity contribution in [3.8, 4) is 0 Å². The first kappa shape index (κ1) is 14.7. The van der Waals surface area contributed by atoms with E-state index in [1.54, 1.807) is 16.9 Å². The van der Waals surface area contributed by atoms with Gasteiger partial charge in [-0.25, -0.2) is 4.39 Å². The highest BCUT2D eigenvalue weighted by Gasteiger charge is 2.17. The minimum atomic E-state index is -1.79. The molecule has 1 aromatic heterocycles. The lowest BCUT2D eigenvalue weighted by atomic mass is 9.79. The van der Waals surface area contributed by atoms with E-state index in [0.29, 0.717) is 13.1 Å². The summed E-state index contributed by atoms with van der Waals surface area (Å²) in [5.74, 6) is -0.612. The van der Waals surface area contributed by atoms with Gasteiger partial charge in [0.05, 0.1) is 6.20 Å². The van der Waals surface area contributed by atoms with E-state index in [-0.39, 0.29) is 5.46 Å². The SMILES string of the molecule is CN(Cc1ccc(F)c(B(O)O)c1)Cc1cnn(C)c1. The molecular weight excluding hydrogens is 260 g/mol. The number of aryl methyl sites for hydroxylation is 1. The van der Waals surface area contributed by atoms with E-state index < -0.39 is 12.9 Å². The topological polar surface area (TPSA) is 61.5 Å². The first-order valence-electron chi connectivity index (χ1n) is 6.26. The molecule has 0 aliphatic rings. The summed E-state index contributed by atoms with van der Waals surface area (Å²) in [7, 11) is 2.00. The van der Waals surface area contributed by atoms with Gasteiger partial charge in [-0.2, -0.15) is 5.10 Å². The van der Waals surface area contributed by atoms with Gasteiger partial charge in [-0.05, 0) is 18.7 Å².